The van der Waals surface area contributed by atoms with E-state index in [2.05, 4.69) is 0 Å². The first-order chi connectivity index (χ1) is 3.80. The summed E-state index contributed by atoms with van der Waals surface area (Å²) < 4.78 is 0. The van der Waals surface area contributed by atoms with Gasteiger partial charge in [0.1, 0.15) is 5.75 Å². The van der Waals surface area contributed by atoms with Crippen molar-refractivity contribution in [2.24, 2.45) is 0 Å². The number of benzene rings is 1. The summed E-state index contributed by atoms with van der Waals surface area (Å²) in [6.45, 7) is 0. The molecule has 0 spiro atoms. The summed E-state index contributed by atoms with van der Waals surface area (Å²) in [5, 5.41) is 9.18. The van der Waals surface area contributed by atoms with Gasteiger partial charge in [-0.1, -0.05) is 23.7 Å². The Bertz CT molecular complexity index is 172. The van der Waals surface area contributed by atoms with Gasteiger partial charge in [0.15, 0.2) is 0 Å². The summed E-state index contributed by atoms with van der Waals surface area (Å²) >= 11 is 5.46. The van der Waals surface area contributed by atoms with Gasteiger partial charge in [0.05, 0.1) is 5.02 Å². The third-order valence-corrected chi connectivity index (χ3v) is 1.17. The maximum Gasteiger partial charge on any atom is 0.134 e. The molecule has 1 rings (SSSR count). The van der Waals surface area contributed by atoms with Gasteiger partial charge < -0.3 is 11.3 Å². The van der Waals surface area contributed by atoms with E-state index in [0.717, 1.165) is 0 Å². The SMILES string of the molecule is Cl.N.Oc1ccccc1Cl. The van der Waals surface area contributed by atoms with Crippen LogP contribution in [0.15, 0.2) is 24.3 Å². The number of para-hydroxylation sites is 1. The second kappa shape index (κ2) is 5.35. The van der Waals surface area contributed by atoms with E-state index in [9.17, 15) is 0 Å². The lowest BCUT2D eigenvalue weighted by molar-refractivity contribution is 0.475. The standard InChI is InChI=1S/C6H5ClO.ClH.H3N/c7-5-3-1-2-4-6(5)8;;/h1-4,8H;1H;1H3. The first kappa shape index (κ1) is 12.3. The molecule has 4 heteroatoms. The van der Waals surface area contributed by atoms with Crippen molar-refractivity contribution in [1.82, 2.24) is 6.15 Å². The third kappa shape index (κ3) is 2.92. The van der Waals surface area contributed by atoms with Crippen molar-refractivity contribution in [2.45, 2.75) is 0 Å². The van der Waals surface area contributed by atoms with Gasteiger partial charge in [-0.3, -0.25) is 0 Å². The van der Waals surface area contributed by atoms with Crippen molar-refractivity contribution in [2.75, 3.05) is 0 Å². The highest BCUT2D eigenvalue weighted by Gasteiger charge is 1.89. The van der Waals surface area contributed by atoms with Gasteiger partial charge in [-0.2, -0.15) is 0 Å². The molecule has 0 aliphatic heterocycles. The molecule has 0 aromatic heterocycles. The highest BCUT2D eigenvalue weighted by molar-refractivity contribution is 6.31. The maximum absolute atomic E-state index is 8.79. The van der Waals surface area contributed by atoms with Crippen LogP contribution in [-0.2, 0) is 0 Å². The summed E-state index contributed by atoms with van der Waals surface area (Å²) in [7, 11) is 0. The van der Waals surface area contributed by atoms with Crippen LogP contribution < -0.4 is 6.15 Å². The largest absolute Gasteiger partial charge is 0.506 e. The fraction of sp³-hybridized carbons (Fsp3) is 0. The van der Waals surface area contributed by atoms with Crippen LogP contribution in [-0.4, -0.2) is 5.11 Å². The molecule has 4 N–H and O–H groups in total. The first-order valence-corrected chi connectivity index (χ1v) is 2.62. The average Bonchev–Trinajstić information content (AvgIpc) is 1.77. The van der Waals surface area contributed by atoms with Crippen molar-refractivity contribution < 1.29 is 5.11 Å². The first-order valence-electron chi connectivity index (χ1n) is 2.24. The lowest BCUT2D eigenvalue weighted by Gasteiger charge is -1.89. The molecule has 0 radical (unpaired) electrons. The topological polar surface area (TPSA) is 55.2 Å². The van der Waals surface area contributed by atoms with Gasteiger partial charge in [0.2, 0.25) is 0 Å². The number of aromatic hydroxyl groups is 1. The van der Waals surface area contributed by atoms with Crippen LogP contribution in [0, 0.1) is 0 Å². The maximum atomic E-state index is 8.79. The summed E-state index contributed by atoms with van der Waals surface area (Å²) in [4.78, 5) is 0. The molecule has 1 aromatic rings. The van der Waals surface area contributed by atoms with E-state index < -0.39 is 0 Å². The van der Waals surface area contributed by atoms with Crippen LogP contribution in [0.5, 0.6) is 5.75 Å². The Kier molecular flexibility index (Phi) is 6.56. The number of hydrogen-bond donors (Lipinski definition) is 2. The van der Waals surface area contributed by atoms with Crippen molar-refractivity contribution in [3.8, 4) is 5.75 Å². The fourth-order valence-corrected chi connectivity index (χ4v) is 0.587. The van der Waals surface area contributed by atoms with E-state index in [1.165, 1.54) is 0 Å². The number of phenolic OH excluding ortho intramolecular Hbond substituents is 1. The van der Waals surface area contributed by atoms with Crippen molar-refractivity contribution in [3.63, 3.8) is 0 Å². The number of phenols is 1. The molecular weight excluding hydrogens is 173 g/mol. The van der Waals surface area contributed by atoms with E-state index in [0.29, 0.717) is 5.02 Å². The highest BCUT2D eigenvalue weighted by atomic mass is 35.5. The molecule has 0 aliphatic carbocycles. The fourth-order valence-electron chi connectivity index (χ4n) is 0.452. The van der Waals surface area contributed by atoms with Gasteiger partial charge in [-0.25, -0.2) is 0 Å². The summed E-state index contributed by atoms with van der Waals surface area (Å²) in [5.41, 5.74) is 0. The summed E-state index contributed by atoms with van der Waals surface area (Å²) in [5.74, 6) is 0.133. The van der Waals surface area contributed by atoms with E-state index in [1.807, 2.05) is 0 Å². The number of rotatable bonds is 0. The minimum absolute atomic E-state index is 0. The second-order valence-electron chi connectivity index (χ2n) is 1.45. The molecule has 0 fully saturated rings. The van der Waals surface area contributed by atoms with E-state index in [1.54, 1.807) is 24.3 Å². The molecular formula is C6H9Cl2NO. The predicted molar refractivity (Wildman–Crippen MR) is 45.4 cm³/mol. The van der Waals surface area contributed by atoms with Gasteiger partial charge >= 0.3 is 0 Å². The minimum atomic E-state index is 0. The third-order valence-electron chi connectivity index (χ3n) is 0.852. The van der Waals surface area contributed by atoms with E-state index in [-0.39, 0.29) is 24.3 Å². The van der Waals surface area contributed by atoms with Crippen molar-refractivity contribution in [3.05, 3.63) is 29.3 Å². The molecule has 1 aromatic carbocycles. The molecule has 0 bridgehead atoms. The Morgan fingerprint density at radius 3 is 2.00 bits per heavy atom. The predicted octanol–water partition coefficient (Wildman–Crippen LogP) is 2.63. The zero-order valence-electron chi connectivity index (χ0n) is 5.25. The molecule has 0 unspecified atom stereocenters. The molecule has 2 nitrogen and oxygen atoms in total. The molecule has 0 amide bonds. The molecule has 10 heavy (non-hydrogen) atoms. The summed E-state index contributed by atoms with van der Waals surface area (Å²) in [6, 6.07) is 6.67. The van der Waals surface area contributed by atoms with Crippen LogP contribution >= 0.6 is 24.0 Å². The van der Waals surface area contributed by atoms with E-state index in [4.69, 9.17) is 16.7 Å². The molecule has 0 atom stereocenters. The monoisotopic (exact) mass is 181 g/mol. The Labute approximate surface area is 70.8 Å². The Balaban J connectivity index is 0. The molecule has 0 heterocycles. The Morgan fingerprint density at radius 1 is 1.20 bits per heavy atom. The van der Waals surface area contributed by atoms with Crippen molar-refractivity contribution >= 4 is 24.0 Å². The molecule has 0 saturated carbocycles. The van der Waals surface area contributed by atoms with Crippen LogP contribution in [0.25, 0.3) is 0 Å². The highest BCUT2D eigenvalue weighted by Crippen LogP contribution is 2.20. The number of hydrogen-bond acceptors (Lipinski definition) is 2. The zero-order chi connectivity index (χ0) is 5.98. The lowest BCUT2D eigenvalue weighted by atomic mass is 10.3. The van der Waals surface area contributed by atoms with Gasteiger partial charge in [-0.05, 0) is 12.1 Å². The lowest BCUT2D eigenvalue weighted by Crippen LogP contribution is -1.62. The van der Waals surface area contributed by atoms with Gasteiger partial charge in [0, 0.05) is 0 Å². The van der Waals surface area contributed by atoms with Crippen LogP contribution in [0.2, 0.25) is 5.02 Å². The summed E-state index contributed by atoms with van der Waals surface area (Å²) in [6.07, 6.45) is 0. The van der Waals surface area contributed by atoms with Crippen LogP contribution in [0.1, 0.15) is 0 Å². The van der Waals surface area contributed by atoms with Crippen LogP contribution in [0.3, 0.4) is 0 Å². The zero-order valence-corrected chi connectivity index (χ0v) is 6.82. The minimum Gasteiger partial charge on any atom is -0.506 e. The molecule has 0 saturated heterocycles. The average molecular weight is 182 g/mol. The van der Waals surface area contributed by atoms with E-state index >= 15 is 0 Å². The van der Waals surface area contributed by atoms with Crippen molar-refractivity contribution in [1.29, 1.82) is 0 Å². The smallest absolute Gasteiger partial charge is 0.134 e. The Morgan fingerprint density at radius 2 is 1.70 bits per heavy atom. The van der Waals surface area contributed by atoms with Gasteiger partial charge in [0.25, 0.3) is 0 Å². The second-order valence-corrected chi connectivity index (χ2v) is 1.86. The number of halogens is 2. The molecule has 58 valence electrons. The quantitative estimate of drug-likeness (QED) is 0.647. The normalized spacial score (nSPS) is 7.30. The van der Waals surface area contributed by atoms with Gasteiger partial charge in [-0.15, -0.1) is 12.4 Å². The Hall–Kier alpha value is -0.440. The van der Waals surface area contributed by atoms with Crippen LogP contribution in [0.4, 0.5) is 0 Å². The molecule has 0 aliphatic rings.